The first-order valence-electron chi connectivity index (χ1n) is 8.78. The molecule has 1 atom stereocenters. The number of fused-ring (bicyclic) bond motifs is 1. The second-order valence-electron chi connectivity index (χ2n) is 6.74. The smallest absolute Gasteiger partial charge is 0.264 e. The summed E-state index contributed by atoms with van der Waals surface area (Å²) in [5.41, 5.74) is 6.78. The minimum Gasteiger partial charge on any atom is -0.339 e. The Bertz CT molecular complexity index is 776. The van der Waals surface area contributed by atoms with Gasteiger partial charge in [0.05, 0.1) is 4.88 Å². The van der Waals surface area contributed by atoms with Gasteiger partial charge in [0.25, 0.3) is 5.91 Å². The molecule has 1 aromatic heterocycles. The zero-order valence-electron chi connectivity index (χ0n) is 14.8. The predicted octanol–water partition coefficient (Wildman–Crippen LogP) is 2.62. The molecular formula is C19H25N3O2S. The predicted molar refractivity (Wildman–Crippen MR) is 102 cm³/mol. The maximum absolute atomic E-state index is 12.9. The van der Waals surface area contributed by atoms with E-state index in [4.69, 9.17) is 5.73 Å². The number of carbonyl (C=O) groups is 2. The molecule has 2 heterocycles. The Morgan fingerprint density at radius 2 is 1.80 bits per heavy atom. The molecule has 0 saturated carbocycles. The van der Waals surface area contributed by atoms with Gasteiger partial charge in [-0.2, -0.15) is 0 Å². The molecule has 25 heavy (non-hydrogen) atoms. The van der Waals surface area contributed by atoms with Crippen molar-refractivity contribution in [3.63, 3.8) is 0 Å². The van der Waals surface area contributed by atoms with Gasteiger partial charge in [0.15, 0.2) is 0 Å². The highest BCUT2D eigenvalue weighted by atomic mass is 32.1. The van der Waals surface area contributed by atoms with Crippen molar-refractivity contribution >= 4 is 33.2 Å². The third-order valence-corrected chi connectivity index (χ3v) is 6.03. The van der Waals surface area contributed by atoms with E-state index < -0.39 is 0 Å². The van der Waals surface area contributed by atoms with E-state index in [0.717, 1.165) is 20.5 Å². The summed E-state index contributed by atoms with van der Waals surface area (Å²) in [5, 5.41) is 1.15. The summed E-state index contributed by atoms with van der Waals surface area (Å²) in [7, 11) is 0. The molecule has 5 nitrogen and oxygen atoms in total. The lowest BCUT2D eigenvalue weighted by Gasteiger charge is -2.34. The number of thiophene rings is 1. The molecule has 2 amide bonds. The van der Waals surface area contributed by atoms with E-state index in [1.165, 1.54) is 0 Å². The van der Waals surface area contributed by atoms with Crippen molar-refractivity contribution in [3.05, 3.63) is 34.7 Å². The average molecular weight is 359 g/mol. The fourth-order valence-corrected chi connectivity index (χ4v) is 4.37. The number of amides is 2. The van der Waals surface area contributed by atoms with Crippen LogP contribution in [0.15, 0.2) is 24.3 Å². The Morgan fingerprint density at radius 3 is 2.44 bits per heavy atom. The minimum atomic E-state index is 0.0442. The molecule has 0 radical (unpaired) electrons. The first-order valence-corrected chi connectivity index (χ1v) is 9.59. The molecule has 3 rings (SSSR count). The lowest BCUT2D eigenvalue weighted by Crippen LogP contribution is -2.50. The number of carbonyl (C=O) groups excluding carboxylic acids is 2. The number of hydrogen-bond acceptors (Lipinski definition) is 4. The van der Waals surface area contributed by atoms with Crippen LogP contribution in [0.4, 0.5) is 0 Å². The van der Waals surface area contributed by atoms with Crippen molar-refractivity contribution in [2.75, 3.05) is 26.2 Å². The first-order chi connectivity index (χ1) is 12.0. The molecule has 1 fully saturated rings. The summed E-state index contributed by atoms with van der Waals surface area (Å²) in [6, 6.07) is 8.16. The van der Waals surface area contributed by atoms with Crippen molar-refractivity contribution in [1.29, 1.82) is 0 Å². The van der Waals surface area contributed by atoms with Crippen LogP contribution >= 0.6 is 11.3 Å². The zero-order valence-corrected chi connectivity index (χ0v) is 15.6. The third-order valence-electron chi connectivity index (χ3n) is 4.77. The Labute approximate surface area is 152 Å². The number of rotatable bonds is 4. The van der Waals surface area contributed by atoms with Crippen LogP contribution in [0, 0.1) is 6.92 Å². The SMILES string of the molecule is Cc1c(C(=O)N2CCN(C(=O)CCC(C)N)CC2)sc2ccccc12. The van der Waals surface area contributed by atoms with E-state index in [-0.39, 0.29) is 17.9 Å². The molecule has 1 saturated heterocycles. The van der Waals surface area contributed by atoms with Gasteiger partial charge in [0.2, 0.25) is 5.91 Å². The summed E-state index contributed by atoms with van der Waals surface area (Å²) in [5.74, 6) is 0.226. The van der Waals surface area contributed by atoms with E-state index >= 15 is 0 Å². The lowest BCUT2D eigenvalue weighted by atomic mass is 10.1. The zero-order chi connectivity index (χ0) is 18.0. The van der Waals surface area contributed by atoms with E-state index in [1.54, 1.807) is 11.3 Å². The van der Waals surface area contributed by atoms with Crippen LogP contribution < -0.4 is 5.73 Å². The van der Waals surface area contributed by atoms with E-state index in [0.29, 0.717) is 39.0 Å². The van der Waals surface area contributed by atoms with Gasteiger partial charge in [-0.25, -0.2) is 0 Å². The Morgan fingerprint density at radius 1 is 1.16 bits per heavy atom. The van der Waals surface area contributed by atoms with Gasteiger partial charge in [0.1, 0.15) is 0 Å². The van der Waals surface area contributed by atoms with Crippen LogP contribution in [0.1, 0.15) is 35.0 Å². The molecule has 1 unspecified atom stereocenters. The maximum Gasteiger partial charge on any atom is 0.264 e. The van der Waals surface area contributed by atoms with Crippen molar-refractivity contribution in [1.82, 2.24) is 9.80 Å². The monoisotopic (exact) mass is 359 g/mol. The summed E-state index contributed by atoms with van der Waals surface area (Å²) in [6.07, 6.45) is 1.19. The van der Waals surface area contributed by atoms with Crippen LogP contribution in [0.3, 0.4) is 0 Å². The van der Waals surface area contributed by atoms with Crippen molar-refractivity contribution in [3.8, 4) is 0 Å². The van der Waals surface area contributed by atoms with Crippen LogP contribution in [0.25, 0.3) is 10.1 Å². The standard InChI is InChI=1S/C19H25N3O2S/c1-13(20)7-8-17(23)21-9-11-22(12-10-21)19(24)18-14(2)15-5-3-4-6-16(15)25-18/h3-6,13H,7-12,20H2,1-2H3. The van der Waals surface area contributed by atoms with Crippen LogP contribution in [0.2, 0.25) is 0 Å². The Balaban J connectivity index is 1.63. The number of piperazine rings is 1. The van der Waals surface area contributed by atoms with Gasteiger partial charge in [-0.1, -0.05) is 18.2 Å². The second-order valence-corrected chi connectivity index (χ2v) is 7.79. The largest absolute Gasteiger partial charge is 0.339 e. The summed E-state index contributed by atoms with van der Waals surface area (Å²) in [4.78, 5) is 29.6. The molecule has 0 spiro atoms. The lowest BCUT2D eigenvalue weighted by molar-refractivity contribution is -0.132. The van der Waals surface area contributed by atoms with Gasteiger partial charge in [0, 0.05) is 43.3 Å². The molecule has 0 bridgehead atoms. The normalized spacial score (nSPS) is 16.3. The minimum absolute atomic E-state index is 0.0442. The molecule has 1 aromatic carbocycles. The molecule has 6 heteroatoms. The average Bonchev–Trinajstić information content (AvgIpc) is 2.96. The van der Waals surface area contributed by atoms with Crippen molar-refractivity contribution in [2.24, 2.45) is 5.73 Å². The Kier molecular flexibility index (Phi) is 5.39. The molecule has 1 aliphatic heterocycles. The molecule has 1 aliphatic rings. The van der Waals surface area contributed by atoms with E-state index in [9.17, 15) is 9.59 Å². The van der Waals surface area contributed by atoms with Gasteiger partial charge in [-0.3, -0.25) is 9.59 Å². The quantitative estimate of drug-likeness (QED) is 0.912. The highest BCUT2D eigenvalue weighted by Crippen LogP contribution is 2.31. The molecule has 134 valence electrons. The summed E-state index contributed by atoms with van der Waals surface area (Å²) < 4.78 is 1.15. The highest BCUT2D eigenvalue weighted by molar-refractivity contribution is 7.21. The number of benzene rings is 1. The molecule has 2 N–H and O–H groups in total. The number of aryl methyl sites for hydroxylation is 1. The van der Waals surface area contributed by atoms with Crippen LogP contribution in [-0.2, 0) is 4.79 Å². The van der Waals surface area contributed by atoms with Gasteiger partial charge in [-0.05, 0) is 37.3 Å². The van der Waals surface area contributed by atoms with E-state index in [2.05, 4.69) is 12.1 Å². The number of hydrogen-bond donors (Lipinski definition) is 1. The van der Waals surface area contributed by atoms with Crippen molar-refractivity contribution in [2.45, 2.75) is 32.7 Å². The number of nitrogens with zero attached hydrogens (tertiary/aromatic N) is 2. The van der Waals surface area contributed by atoms with Gasteiger partial charge >= 0.3 is 0 Å². The van der Waals surface area contributed by atoms with Crippen molar-refractivity contribution < 1.29 is 9.59 Å². The first kappa shape index (κ1) is 17.9. The number of nitrogens with two attached hydrogens (primary N) is 1. The molecule has 2 aromatic rings. The third kappa shape index (κ3) is 3.85. The maximum atomic E-state index is 12.9. The highest BCUT2D eigenvalue weighted by Gasteiger charge is 2.27. The van der Waals surface area contributed by atoms with Gasteiger partial charge < -0.3 is 15.5 Å². The fourth-order valence-electron chi connectivity index (χ4n) is 3.19. The van der Waals surface area contributed by atoms with Gasteiger partial charge in [-0.15, -0.1) is 11.3 Å². The Hall–Kier alpha value is -1.92. The molecular weight excluding hydrogens is 334 g/mol. The molecule has 0 aliphatic carbocycles. The summed E-state index contributed by atoms with van der Waals surface area (Å²) in [6.45, 7) is 6.32. The van der Waals surface area contributed by atoms with Crippen LogP contribution in [0.5, 0.6) is 0 Å². The fraction of sp³-hybridized carbons (Fsp3) is 0.474. The second kappa shape index (κ2) is 7.54. The topological polar surface area (TPSA) is 66.6 Å². The van der Waals surface area contributed by atoms with Crippen LogP contribution in [-0.4, -0.2) is 53.8 Å². The van der Waals surface area contributed by atoms with E-state index in [1.807, 2.05) is 35.8 Å². The summed E-state index contributed by atoms with van der Waals surface area (Å²) >= 11 is 1.56.